The summed E-state index contributed by atoms with van der Waals surface area (Å²) < 4.78 is 25.3. The Hall–Kier alpha value is -3.56. The van der Waals surface area contributed by atoms with Crippen LogP contribution in [0.4, 0.5) is 14.9 Å². The SMILES string of the molecule is CC(=O)NC[C@H]1CN(c2cc(F)c3c(c2)CCCC(C(=O)c2cc(C)on2)C3=O)C(=O)O1. The van der Waals surface area contributed by atoms with Crippen LogP contribution in [0.5, 0.6) is 0 Å². The van der Waals surface area contributed by atoms with Crippen molar-refractivity contribution in [2.45, 2.75) is 39.2 Å². The minimum absolute atomic E-state index is 0.0475. The number of halogens is 1. The van der Waals surface area contributed by atoms with Gasteiger partial charge in [-0.3, -0.25) is 19.3 Å². The van der Waals surface area contributed by atoms with Crippen LogP contribution in [0, 0.1) is 18.7 Å². The van der Waals surface area contributed by atoms with Crippen molar-refractivity contribution in [2.75, 3.05) is 18.0 Å². The molecule has 9 nitrogen and oxygen atoms in total. The second kappa shape index (κ2) is 8.52. The molecule has 2 aliphatic rings. The Morgan fingerprint density at radius 2 is 2.06 bits per heavy atom. The highest BCUT2D eigenvalue weighted by Crippen LogP contribution is 2.33. The molecule has 0 bridgehead atoms. The molecule has 1 aliphatic heterocycles. The van der Waals surface area contributed by atoms with Crippen molar-refractivity contribution in [2.24, 2.45) is 5.92 Å². The molecule has 1 N–H and O–H groups in total. The van der Waals surface area contributed by atoms with Crippen LogP contribution in [0.1, 0.15) is 51.9 Å². The number of ketones is 2. The Morgan fingerprint density at radius 1 is 1.28 bits per heavy atom. The van der Waals surface area contributed by atoms with E-state index >= 15 is 4.39 Å². The molecular weight excluding hydrogens is 421 g/mol. The molecule has 2 amide bonds. The maximum Gasteiger partial charge on any atom is 0.414 e. The number of rotatable bonds is 5. The summed E-state index contributed by atoms with van der Waals surface area (Å²) in [6.07, 6.45) is -0.0924. The molecular formula is C22H22FN3O6. The van der Waals surface area contributed by atoms with Gasteiger partial charge in [-0.05, 0) is 43.9 Å². The van der Waals surface area contributed by atoms with Crippen LogP contribution in [0.2, 0.25) is 0 Å². The van der Waals surface area contributed by atoms with Crippen LogP contribution in [-0.2, 0) is 16.0 Å². The lowest BCUT2D eigenvalue weighted by atomic mass is 9.89. The van der Waals surface area contributed by atoms with Gasteiger partial charge in [-0.2, -0.15) is 0 Å². The molecule has 4 rings (SSSR count). The summed E-state index contributed by atoms with van der Waals surface area (Å²) >= 11 is 0. The molecule has 1 saturated heterocycles. The van der Waals surface area contributed by atoms with Crippen LogP contribution in [0.25, 0.3) is 0 Å². The molecule has 1 aliphatic carbocycles. The third-order valence-electron chi connectivity index (χ3n) is 5.62. The summed E-state index contributed by atoms with van der Waals surface area (Å²) in [5, 5.41) is 6.27. The van der Waals surface area contributed by atoms with Gasteiger partial charge in [0.15, 0.2) is 17.3 Å². The predicted molar refractivity (Wildman–Crippen MR) is 109 cm³/mol. The van der Waals surface area contributed by atoms with E-state index in [0.717, 1.165) is 6.07 Å². The van der Waals surface area contributed by atoms with Gasteiger partial charge in [0.2, 0.25) is 5.91 Å². The Kier molecular flexibility index (Phi) is 5.77. The number of aryl methyl sites for hydroxylation is 2. The van der Waals surface area contributed by atoms with Gasteiger partial charge in [-0.1, -0.05) is 5.16 Å². The molecule has 32 heavy (non-hydrogen) atoms. The lowest BCUT2D eigenvalue weighted by Crippen LogP contribution is -2.33. The van der Waals surface area contributed by atoms with Crippen LogP contribution in [0.3, 0.4) is 0 Å². The lowest BCUT2D eigenvalue weighted by Gasteiger charge is -2.17. The second-order valence-corrected chi connectivity index (χ2v) is 8.01. The molecule has 0 saturated carbocycles. The monoisotopic (exact) mass is 443 g/mol. The Bertz CT molecular complexity index is 1110. The number of aromatic nitrogens is 1. The highest BCUT2D eigenvalue weighted by Gasteiger charge is 2.37. The van der Waals surface area contributed by atoms with Crippen molar-refractivity contribution in [1.29, 1.82) is 0 Å². The zero-order chi connectivity index (χ0) is 23.0. The summed E-state index contributed by atoms with van der Waals surface area (Å²) in [5.41, 5.74) is 0.620. The molecule has 2 atom stereocenters. The maximum absolute atomic E-state index is 15.1. The van der Waals surface area contributed by atoms with Crippen LogP contribution in [0.15, 0.2) is 22.7 Å². The molecule has 168 valence electrons. The van der Waals surface area contributed by atoms with Crippen molar-refractivity contribution >= 4 is 29.3 Å². The molecule has 0 spiro atoms. The highest BCUT2D eigenvalue weighted by molar-refractivity contribution is 6.16. The van der Waals surface area contributed by atoms with E-state index in [-0.39, 0.29) is 42.4 Å². The number of hydrogen-bond acceptors (Lipinski definition) is 7. The molecule has 1 aromatic heterocycles. The molecule has 2 aromatic rings. The van der Waals surface area contributed by atoms with Gasteiger partial charge in [0.25, 0.3) is 0 Å². The summed E-state index contributed by atoms with van der Waals surface area (Å²) in [4.78, 5) is 50.6. The van der Waals surface area contributed by atoms with E-state index < -0.39 is 35.5 Å². The largest absolute Gasteiger partial charge is 0.442 e. The average Bonchev–Trinajstić information content (AvgIpc) is 3.29. The van der Waals surface area contributed by atoms with Gasteiger partial charge >= 0.3 is 6.09 Å². The Balaban J connectivity index is 1.59. The zero-order valence-electron chi connectivity index (χ0n) is 17.6. The first-order valence-corrected chi connectivity index (χ1v) is 10.3. The fourth-order valence-electron chi connectivity index (χ4n) is 4.09. The first-order valence-electron chi connectivity index (χ1n) is 10.3. The quantitative estimate of drug-likeness (QED) is 0.429. The number of nitrogens with one attached hydrogen (secondary N) is 1. The highest BCUT2D eigenvalue weighted by atomic mass is 19.1. The van der Waals surface area contributed by atoms with E-state index in [1.54, 1.807) is 13.0 Å². The number of amides is 2. The average molecular weight is 443 g/mol. The Labute approximate surface area is 182 Å². The van der Waals surface area contributed by atoms with Gasteiger partial charge < -0.3 is 14.6 Å². The van der Waals surface area contributed by atoms with Crippen LogP contribution in [-0.4, -0.2) is 47.9 Å². The molecule has 2 heterocycles. The van der Waals surface area contributed by atoms with Crippen molar-refractivity contribution in [3.8, 4) is 0 Å². The van der Waals surface area contributed by atoms with E-state index in [1.165, 1.54) is 17.9 Å². The molecule has 1 fully saturated rings. The number of nitrogens with zero attached hydrogens (tertiary/aromatic N) is 2. The van der Waals surface area contributed by atoms with Gasteiger partial charge in [-0.15, -0.1) is 0 Å². The third-order valence-corrected chi connectivity index (χ3v) is 5.62. The minimum atomic E-state index is -1.04. The van der Waals surface area contributed by atoms with Crippen molar-refractivity contribution in [1.82, 2.24) is 10.5 Å². The molecule has 10 heteroatoms. The number of anilines is 1. The predicted octanol–water partition coefficient (Wildman–Crippen LogP) is 2.60. The fourth-order valence-corrected chi connectivity index (χ4v) is 4.09. The van der Waals surface area contributed by atoms with Gasteiger partial charge in [0.05, 0.1) is 30.3 Å². The Morgan fingerprint density at radius 3 is 2.75 bits per heavy atom. The first-order chi connectivity index (χ1) is 15.2. The van der Waals surface area contributed by atoms with Crippen LogP contribution >= 0.6 is 0 Å². The normalized spacial score (nSPS) is 20.5. The third kappa shape index (κ3) is 4.12. The first kappa shape index (κ1) is 21.7. The number of cyclic esters (lactones) is 1. The summed E-state index contributed by atoms with van der Waals surface area (Å²) in [7, 11) is 0. The molecule has 0 radical (unpaired) electrons. The van der Waals surface area contributed by atoms with Gasteiger partial charge in [0.1, 0.15) is 17.7 Å². The number of fused-ring (bicyclic) bond motifs is 1. The number of Topliss-reactive ketones (excluding diaryl/α,β-unsaturated/α-hetero) is 2. The number of ether oxygens (including phenoxy) is 1. The van der Waals surface area contributed by atoms with E-state index in [4.69, 9.17) is 9.26 Å². The zero-order valence-corrected chi connectivity index (χ0v) is 17.6. The van der Waals surface area contributed by atoms with Crippen molar-refractivity contribution in [3.63, 3.8) is 0 Å². The topological polar surface area (TPSA) is 119 Å². The molecule has 1 unspecified atom stereocenters. The number of carbonyl (C=O) groups excluding carboxylic acids is 4. The second-order valence-electron chi connectivity index (χ2n) is 8.01. The van der Waals surface area contributed by atoms with Crippen molar-refractivity contribution in [3.05, 3.63) is 46.6 Å². The number of carbonyl (C=O) groups is 4. The lowest BCUT2D eigenvalue weighted by molar-refractivity contribution is -0.119. The smallest absolute Gasteiger partial charge is 0.414 e. The fraction of sp³-hybridized carbons (Fsp3) is 0.409. The summed E-state index contributed by atoms with van der Waals surface area (Å²) in [6.45, 7) is 3.28. The van der Waals surface area contributed by atoms with E-state index in [1.807, 2.05) is 0 Å². The van der Waals surface area contributed by atoms with Crippen LogP contribution < -0.4 is 10.2 Å². The van der Waals surface area contributed by atoms with Gasteiger partial charge in [0, 0.05) is 13.0 Å². The molecule has 1 aromatic carbocycles. The van der Waals surface area contributed by atoms with Gasteiger partial charge in [-0.25, -0.2) is 9.18 Å². The van der Waals surface area contributed by atoms with Crippen molar-refractivity contribution < 1.29 is 32.8 Å². The van der Waals surface area contributed by atoms with E-state index in [0.29, 0.717) is 24.2 Å². The standard InChI is InChI=1S/C22H22FN3O6/c1-11-6-18(25-32-11)20(28)16-5-3-4-13-7-14(8-17(23)19(13)21(16)29)26-10-15(31-22(26)30)9-24-12(2)27/h6-8,15-16H,3-5,9-10H2,1-2H3,(H,24,27)/t15-,16?/m0/s1. The minimum Gasteiger partial charge on any atom is -0.442 e. The number of hydrogen-bond donors (Lipinski definition) is 1. The van der Waals surface area contributed by atoms with E-state index in [2.05, 4.69) is 10.5 Å². The maximum atomic E-state index is 15.1. The van der Waals surface area contributed by atoms with E-state index in [9.17, 15) is 19.2 Å². The number of benzene rings is 1. The summed E-state index contributed by atoms with van der Waals surface area (Å²) in [5.74, 6) is -2.73. The summed E-state index contributed by atoms with van der Waals surface area (Å²) in [6, 6.07) is 4.15.